The Labute approximate surface area is 218 Å². The number of hydrogen-bond donors (Lipinski definition) is 3. The summed E-state index contributed by atoms with van der Waals surface area (Å²) in [4.78, 5) is 24.6. The topological polar surface area (TPSA) is 96.5 Å². The van der Waals surface area contributed by atoms with Crippen LogP contribution in [0.5, 0.6) is 0 Å². The minimum absolute atomic E-state index is 0.108. The highest BCUT2D eigenvalue weighted by molar-refractivity contribution is 7.80. The first-order valence-corrected chi connectivity index (χ1v) is 11.7. The van der Waals surface area contributed by atoms with E-state index in [2.05, 4.69) is 16.0 Å². The van der Waals surface area contributed by atoms with Gasteiger partial charge in [-0.1, -0.05) is 29.8 Å². The number of aryl methyl sites for hydroxylation is 2. The van der Waals surface area contributed by atoms with Gasteiger partial charge in [-0.3, -0.25) is 14.9 Å². The predicted octanol–water partition coefficient (Wildman–Crippen LogP) is 6.59. The number of hydrogen-bond acceptors (Lipinski definition) is 5. The standard InChI is InChI=1S/C27H22ClN3O4S/c1-16-5-7-18(14-21(16)28)23-11-9-20(35-23)10-12-25(32)31-27(36)30-22-15-19(8-6-17(22)2)29-26(33)24-4-3-13-34-24/h3-15H,1-2H3,(H,29,33)(H2,30,31,32,36)/b12-10+. The van der Waals surface area contributed by atoms with Crippen molar-refractivity contribution in [2.75, 3.05) is 10.6 Å². The number of nitrogens with one attached hydrogen (secondary N) is 3. The van der Waals surface area contributed by atoms with Crippen LogP contribution in [0.1, 0.15) is 27.4 Å². The van der Waals surface area contributed by atoms with E-state index in [1.165, 1.54) is 12.3 Å². The molecule has 2 aromatic heterocycles. The molecule has 3 N–H and O–H groups in total. The van der Waals surface area contributed by atoms with Crippen LogP contribution in [0, 0.1) is 13.8 Å². The molecule has 0 saturated carbocycles. The van der Waals surface area contributed by atoms with Crippen molar-refractivity contribution in [2.24, 2.45) is 0 Å². The summed E-state index contributed by atoms with van der Waals surface area (Å²) in [6.07, 6.45) is 4.30. The number of carbonyl (C=O) groups excluding carboxylic acids is 2. The van der Waals surface area contributed by atoms with Crippen LogP contribution in [0.25, 0.3) is 17.4 Å². The molecule has 0 aliphatic carbocycles. The van der Waals surface area contributed by atoms with Gasteiger partial charge in [0.15, 0.2) is 10.9 Å². The molecular formula is C27H22ClN3O4S. The van der Waals surface area contributed by atoms with Gasteiger partial charge in [-0.05, 0) is 85.7 Å². The monoisotopic (exact) mass is 519 g/mol. The smallest absolute Gasteiger partial charge is 0.291 e. The van der Waals surface area contributed by atoms with Crippen molar-refractivity contribution in [2.45, 2.75) is 13.8 Å². The van der Waals surface area contributed by atoms with E-state index in [-0.39, 0.29) is 16.8 Å². The van der Waals surface area contributed by atoms with Crippen LogP contribution in [0.3, 0.4) is 0 Å². The molecule has 0 atom stereocenters. The molecule has 7 nitrogen and oxygen atoms in total. The van der Waals surface area contributed by atoms with Crippen LogP contribution >= 0.6 is 23.8 Å². The summed E-state index contributed by atoms with van der Waals surface area (Å²) in [5.41, 5.74) is 3.88. The first-order valence-electron chi connectivity index (χ1n) is 10.9. The van der Waals surface area contributed by atoms with E-state index in [0.29, 0.717) is 27.9 Å². The minimum atomic E-state index is -0.427. The number of amides is 2. The van der Waals surface area contributed by atoms with Crippen LogP contribution in [0.4, 0.5) is 11.4 Å². The van der Waals surface area contributed by atoms with Crippen molar-refractivity contribution in [3.8, 4) is 11.3 Å². The van der Waals surface area contributed by atoms with Crippen molar-refractivity contribution in [1.29, 1.82) is 0 Å². The molecule has 0 aliphatic rings. The lowest BCUT2D eigenvalue weighted by Crippen LogP contribution is -2.33. The summed E-state index contributed by atoms with van der Waals surface area (Å²) in [5.74, 6) is 0.548. The van der Waals surface area contributed by atoms with E-state index in [0.717, 1.165) is 16.7 Å². The Balaban J connectivity index is 1.34. The van der Waals surface area contributed by atoms with E-state index in [4.69, 9.17) is 32.7 Å². The summed E-state index contributed by atoms with van der Waals surface area (Å²) in [5, 5.41) is 9.09. The summed E-state index contributed by atoms with van der Waals surface area (Å²) in [6.45, 7) is 3.80. The molecule has 36 heavy (non-hydrogen) atoms. The zero-order valence-corrected chi connectivity index (χ0v) is 21.0. The number of halogens is 1. The number of carbonyl (C=O) groups is 2. The SMILES string of the molecule is Cc1ccc(-c2ccc(/C=C/C(=O)NC(=S)Nc3cc(NC(=O)c4ccco4)ccc3C)o2)cc1Cl. The van der Waals surface area contributed by atoms with Crippen molar-refractivity contribution in [1.82, 2.24) is 5.32 Å². The Hall–Kier alpha value is -4.14. The third-order valence-corrected chi connectivity index (χ3v) is 5.82. The molecule has 9 heteroatoms. The Morgan fingerprint density at radius 2 is 1.78 bits per heavy atom. The van der Waals surface area contributed by atoms with Gasteiger partial charge >= 0.3 is 0 Å². The first kappa shape index (κ1) is 25.0. The molecular weight excluding hydrogens is 498 g/mol. The fourth-order valence-corrected chi connectivity index (χ4v) is 3.63. The van der Waals surface area contributed by atoms with E-state index < -0.39 is 5.91 Å². The molecule has 0 unspecified atom stereocenters. The third-order valence-electron chi connectivity index (χ3n) is 5.21. The maximum Gasteiger partial charge on any atom is 0.291 e. The molecule has 2 aromatic carbocycles. The Kier molecular flexibility index (Phi) is 7.68. The zero-order valence-electron chi connectivity index (χ0n) is 19.4. The van der Waals surface area contributed by atoms with Crippen LogP contribution in [-0.2, 0) is 4.79 Å². The molecule has 0 bridgehead atoms. The summed E-state index contributed by atoms with van der Waals surface area (Å²) in [6, 6.07) is 17.7. The fraction of sp³-hybridized carbons (Fsp3) is 0.0741. The summed E-state index contributed by atoms with van der Waals surface area (Å²) >= 11 is 11.5. The fourth-order valence-electron chi connectivity index (χ4n) is 3.24. The predicted molar refractivity (Wildman–Crippen MR) is 145 cm³/mol. The highest BCUT2D eigenvalue weighted by Crippen LogP contribution is 2.27. The zero-order chi connectivity index (χ0) is 25.7. The molecule has 0 saturated heterocycles. The van der Waals surface area contributed by atoms with Gasteiger partial charge in [0.05, 0.1) is 6.26 Å². The molecule has 0 spiro atoms. The Bertz CT molecular complexity index is 1460. The van der Waals surface area contributed by atoms with Gasteiger partial charge in [-0.2, -0.15) is 0 Å². The maximum absolute atomic E-state index is 12.4. The molecule has 0 radical (unpaired) electrons. The van der Waals surface area contributed by atoms with Crippen molar-refractivity contribution in [3.05, 3.63) is 101 Å². The van der Waals surface area contributed by atoms with Crippen LogP contribution in [-0.4, -0.2) is 16.9 Å². The van der Waals surface area contributed by atoms with Crippen molar-refractivity contribution >= 4 is 58.2 Å². The van der Waals surface area contributed by atoms with Crippen molar-refractivity contribution < 1.29 is 18.4 Å². The van der Waals surface area contributed by atoms with Gasteiger partial charge in [0.2, 0.25) is 5.91 Å². The lowest BCUT2D eigenvalue weighted by atomic mass is 10.1. The van der Waals surface area contributed by atoms with E-state index in [1.807, 2.05) is 44.2 Å². The highest BCUT2D eigenvalue weighted by Gasteiger charge is 2.11. The van der Waals surface area contributed by atoms with Gasteiger partial charge in [-0.25, -0.2) is 0 Å². The Morgan fingerprint density at radius 1 is 0.972 bits per heavy atom. The van der Waals surface area contributed by atoms with E-state index >= 15 is 0 Å². The summed E-state index contributed by atoms with van der Waals surface area (Å²) in [7, 11) is 0. The molecule has 2 heterocycles. The van der Waals surface area contributed by atoms with Crippen molar-refractivity contribution in [3.63, 3.8) is 0 Å². The van der Waals surface area contributed by atoms with Gasteiger partial charge < -0.3 is 19.5 Å². The van der Waals surface area contributed by atoms with E-state index in [1.54, 1.807) is 36.4 Å². The normalized spacial score (nSPS) is 10.9. The number of anilines is 2. The summed E-state index contributed by atoms with van der Waals surface area (Å²) < 4.78 is 10.9. The molecule has 182 valence electrons. The molecule has 2 amide bonds. The largest absolute Gasteiger partial charge is 0.459 e. The lowest BCUT2D eigenvalue weighted by molar-refractivity contribution is -0.115. The second-order valence-corrected chi connectivity index (χ2v) is 8.72. The quantitative estimate of drug-likeness (QED) is 0.196. The Morgan fingerprint density at radius 3 is 2.53 bits per heavy atom. The first-order chi connectivity index (χ1) is 17.3. The van der Waals surface area contributed by atoms with E-state index in [9.17, 15) is 9.59 Å². The number of furan rings is 2. The minimum Gasteiger partial charge on any atom is -0.459 e. The highest BCUT2D eigenvalue weighted by atomic mass is 35.5. The number of rotatable bonds is 6. The second-order valence-electron chi connectivity index (χ2n) is 7.90. The second kappa shape index (κ2) is 11.1. The van der Waals surface area contributed by atoms with Gasteiger partial charge in [0, 0.05) is 28.0 Å². The lowest BCUT2D eigenvalue weighted by Gasteiger charge is -2.13. The van der Waals surface area contributed by atoms with Crippen LogP contribution in [0.2, 0.25) is 5.02 Å². The molecule has 0 aliphatic heterocycles. The number of benzene rings is 2. The number of thiocarbonyl (C=S) groups is 1. The van der Waals surface area contributed by atoms with Gasteiger partial charge in [0.25, 0.3) is 5.91 Å². The third kappa shape index (κ3) is 6.29. The maximum atomic E-state index is 12.4. The molecule has 0 fully saturated rings. The average Bonchev–Trinajstić information content (AvgIpc) is 3.54. The van der Waals surface area contributed by atoms with Crippen LogP contribution in [0.15, 0.2) is 81.8 Å². The molecule has 4 rings (SSSR count). The average molecular weight is 520 g/mol. The van der Waals surface area contributed by atoms with Gasteiger partial charge in [-0.15, -0.1) is 0 Å². The molecule has 4 aromatic rings. The van der Waals surface area contributed by atoms with Crippen LogP contribution < -0.4 is 16.0 Å². The van der Waals surface area contributed by atoms with Gasteiger partial charge in [0.1, 0.15) is 11.5 Å².